The Balaban J connectivity index is 0.914. The molecule has 0 radical (unpaired) electrons. The molecule has 0 bridgehead atoms. The van der Waals surface area contributed by atoms with Crippen LogP contribution in [0.1, 0.15) is 164 Å². The number of fused-ring (bicyclic) bond motifs is 1. The van der Waals surface area contributed by atoms with E-state index in [0.29, 0.717) is 41.2 Å². The zero-order valence-electron chi connectivity index (χ0n) is 41.5. The van der Waals surface area contributed by atoms with Crippen LogP contribution in [0.15, 0.2) is 140 Å². The first kappa shape index (κ1) is 54.4. The molecule has 0 atom stereocenters. The second kappa shape index (κ2) is 30.1. The summed E-state index contributed by atoms with van der Waals surface area (Å²) in [7, 11) is 0. The van der Waals surface area contributed by atoms with Gasteiger partial charge in [0.25, 0.3) is 0 Å². The quantitative estimate of drug-likeness (QED) is 0.0180. The van der Waals surface area contributed by atoms with Gasteiger partial charge >= 0.3 is 23.9 Å². The summed E-state index contributed by atoms with van der Waals surface area (Å²) in [5.74, 6) is -0.209. The van der Waals surface area contributed by atoms with Gasteiger partial charge < -0.3 is 28.4 Å². The van der Waals surface area contributed by atoms with Crippen LogP contribution in [0.25, 0.3) is 10.8 Å². The van der Waals surface area contributed by atoms with E-state index in [1.807, 2.05) is 6.08 Å². The zero-order valence-corrected chi connectivity index (χ0v) is 42.3. The summed E-state index contributed by atoms with van der Waals surface area (Å²) < 4.78 is 34.2. The number of hydrogen-bond acceptors (Lipinski definition) is 10. The minimum Gasteiger partial charge on any atom is -0.494 e. The normalized spacial score (nSPS) is 10.9. The Hall–Kier alpha value is -6.91. The maximum Gasteiger partial charge on any atom is 0.343 e. The van der Waals surface area contributed by atoms with E-state index >= 15 is 0 Å². The Morgan fingerprint density at radius 1 is 0.417 bits per heavy atom. The predicted molar refractivity (Wildman–Crippen MR) is 285 cm³/mol. The molecule has 0 aromatic heterocycles. The molecule has 6 aromatic rings. The van der Waals surface area contributed by atoms with Crippen molar-refractivity contribution in [2.24, 2.45) is 0 Å². The maximum atomic E-state index is 13.2. The van der Waals surface area contributed by atoms with E-state index in [1.165, 1.54) is 132 Å². The lowest BCUT2D eigenvalue weighted by molar-refractivity contribution is 0.0720. The van der Waals surface area contributed by atoms with Crippen LogP contribution in [-0.2, 0) is 0 Å². The number of hydrogen-bond donors (Lipinski definition) is 0. The molecule has 0 amide bonds. The third-order valence-corrected chi connectivity index (χ3v) is 12.6. The number of allylic oxidation sites excluding steroid dienone is 1. The van der Waals surface area contributed by atoms with E-state index in [9.17, 15) is 19.2 Å². The summed E-state index contributed by atoms with van der Waals surface area (Å²) in [6.45, 7) is 7.27. The van der Waals surface area contributed by atoms with Gasteiger partial charge in [0.15, 0.2) is 0 Å². The number of ether oxygens (including phenoxy) is 6. The van der Waals surface area contributed by atoms with E-state index in [2.05, 4.69) is 13.5 Å². The Bertz CT molecular complexity index is 2640. The highest BCUT2D eigenvalue weighted by atomic mass is 35.5. The van der Waals surface area contributed by atoms with Crippen molar-refractivity contribution in [2.45, 2.75) is 122 Å². The number of rotatable bonds is 31. The lowest BCUT2D eigenvalue weighted by Gasteiger charge is -2.11. The van der Waals surface area contributed by atoms with Crippen LogP contribution < -0.4 is 28.4 Å². The van der Waals surface area contributed by atoms with E-state index in [1.54, 1.807) is 78.9 Å². The van der Waals surface area contributed by atoms with Crippen molar-refractivity contribution < 1.29 is 47.6 Å². The lowest BCUT2D eigenvalue weighted by atomic mass is 10.1. The van der Waals surface area contributed by atoms with Crippen LogP contribution in [0.5, 0.6) is 34.5 Å². The summed E-state index contributed by atoms with van der Waals surface area (Å²) in [5.41, 5.74) is 1.16. The van der Waals surface area contributed by atoms with Crippen molar-refractivity contribution in [3.05, 3.63) is 167 Å². The van der Waals surface area contributed by atoms with Crippen molar-refractivity contribution in [3.8, 4) is 34.5 Å². The molecular weight excluding hydrogens is 928 g/mol. The van der Waals surface area contributed by atoms with Gasteiger partial charge in [0.05, 0.1) is 40.5 Å². The molecule has 0 aliphatic rings. The first-order valence-electron chi connectivity index (χ1n) is 25.6. The molecule has 0 spiro atoms. The third-order valence-electron chi connectivity index (χ3n) is 12.2. The predicted octanol–water partition coefficient (Wildman–Crippen LogP) is 16.4. The highest BCUT2D eigenvalue weighted by Crippen LogP contribution is 2.36. The molecule has 0 unspecified atom stereocenters. The Labute approximate surface area is 429 Å². The fraction of sp³-hybridized carbons (Fsp3) is 0.344. The molecule has 0 saturated heterocycles. The molecule has 0 aliphatic carbocycles. The van der Waals surface area contributed by atoms with Crippen LogP contribution in [-0.4, -0.2) is 37.1 Å². The molecular formula is C61H67ClO10. The first-order valence-corrected chi connectivity index (χ1v) is 26.0. The van der Waals surface area contributed by atoms with E-state index in [0.717, 1.165) is 37.5 Å². The fourth-order valence-electron chi connectivity index (χ4n) is 7.98. The number of carbonyl (C=O) groups excluding carboxylic acids is 4. The molecule has 11 heteroatoms. The first-order chi connectivity index (χ1) is 35.2. The number of halogens is 1. The molecule has 0 saturated carbocycles. The molecule has 0 N–H and O–H groups in total. The molecule has 6 rings (SSSR count). The van der Waals surface area contributed by atoms with Gasteiger partial charge in [-0.05, 0) is 146 Å². The molecule has 0 aliphatic heterocycles. The zero-order chi connectivity index (χ0) is 50.8. The van der Waals surface area contributed by atoms with Gasteiger partial charge in [0.1, 0.15) is 34.5 Å². The smallest absolute Gasteiger partial charge is 0.343 e. The molecule has 0 fully saturated rings. The van der Waals surface area contributed by atoms with E-state index < -0.39 is 23.9 Å². The van der Waals surface area contributed by atoms with Crippen LogP contribution in [0, 0.1) is 0 Å². The van der Waals surface area contributed by atoms with Gasteiger partial charge in [-0.3, -0.25) is 0 Å². The summed E-state index contributed by atoms with van der Waals surface area (Å²) in [6.07, 6.45) is 23.9. The number of unbranched alkanes of at least 4 members (excludes halogenated alkanes) is 16. The van der Waals surface area contributed by atoms with Crippen molar-refractivity contribution in [1.29, 1.82) is 0 Å². The minimum atomic E-state index is -0.681. The van der Waals surface area contributed by atoms with Crippen LogP contribution >= 0.6 is 11.6 Å². The maximum absolute atomic E-state index is 13.2. The van der Waals surface area contributed by atoms with Crippen LogP contribution in [0.3, 0.4) is 0 Å². The lowest BCUT2D eigenvalue weighted by Crippen LogP contribution is -2.11. The molecule has 10 nitrogen and oxygen atoms in total. The van der Waals surface area contributed by atoms with Crippen molar-refractivity contribution in [2.75, 3.05) is 13.2 Å². The van der Waals surface area contributed by atoms with Crippen molar-refractivity contribution >= 4 is 46.3 Å². The Morgan fingerprint density at radius 2 is 0.764 bits per heavy atom. The summed E-state index contributed by atoms with van der Waals surface area (Å²) in [5, 5.41) is 1.35. The minimum absolute atomic E-state index is 0.0980. The second-order valence-corrected chi connectivity index (χ2v) is 18.2. The van der Waals surface area contributed by atoms with Crippen molar-refractivity contribution in [1.82, 2.24) is 0 Å². The summed E-state index contributed by atoms with van der Waals surface area (Å²) in [6, 6.07) is 33.9. The number of esters is 4. The average molecular weight is 996 g/mol. The topological polar surface area (TPSA) is 124 Å². The molecule has 72 heavy (non-hydrogen) atoms. The standard InChI is InChI=1S/C61H67ClO10/c1-3-5-7-9-11-13-15-17-19-21-43-68-51-34-25-47(26-35-51)59(64)70-53-38-29-49(30-39-53)61(66)72-56-41-31-45-22-40-54(44-55(45)57(56)62)71-60(65)48-27-36-52(37-28-48)69-58(63)46-23-32-50(33-24-46)67-42-20-18-16-14-12-10-8-6-4-2/h4,22-41,44H,2-3,5-21,42-43H2,1H3. The van der Waals surface area contributed by atoms with Crippen molar-refractivity contribution in [3.63, 3.8) is 0 Å². The van der Waals surface area contributed by atoms with E-state index in [4.69, 9.17) is 40.0 Å². The highest BCUT2D eigenvalue weighted by molar-refractivity contribution is 6.37. The summed E-state index contributed by atoms with van der Waals surface area (Å²) in [4.78, 5) is 52.1. The second-order valence-electron chi connectivity index (χ2n) is 17.8. The molecule has 0 heterocycles. The number of benzene rings is 6. The molecule has 6 aromatic carbocycles. The fourth-order valence-corrected chi connectivity index (χ4v) is 8.24. The number of carbonyl (C=O) groups is 4. The molecule has 378 valence electrons. The largest absolute Gasteiger partial charge is 0.494 e. The van der Waals surface area contributed by atoms with Crippen LogP contribution in [0.2, 0.25) is 5.02 Å². The van der Waals surface area contributed by atoms with Gasteiger partial charge in [-0.2, -0.15) is 0 Å². The van der Waals surface area contributed by atoms with Gasteiger partial charge in [-0.1, -0.05) is 127 Å². The highest BCUT2D eigenvalue weighted by Gasteiger charge is 2.17. The SMILES string of the molecule is C=CCCCCCCCCCOc1ccc(C(=O)Oc2ccc(C(=O)Oc3ccc4ccc(OC(=O)c5ccc(OC(=O)c6ccc(OCCCCCCCCCCCC)cc6)cc5)c(Cl)c4c3)cc2)cc1. The Morgan fingerprint density at radius 3 is 1.19 bits per heavy atom. The van der Waals surface area contributed by atoms with E-state index in [-0.39, 0.29) is 39.1 Å². The van der Waals surface area contributed by atoms with Gasteiger partial charge in [0, 0.05) is 5.39 Å². The third kappa shape index (κ3) is 18.0. The van der Waals surface area contributed by atoms with Gasteiger partial charge in [-0.15, -0.1) is 6.58 Å². The monoisotopic (exact) mass is 994 g/mol. The van der Waals surface area contributed by atoms with Crippen LogP contribution in [0.4, 0.5) is 0 Å². The average Bonchev–Trinajstić information content (AvgIpc) is 3.40. The van der Waals surface area contributed by atoms with Gasteiger partial charge in [0.2, 0.25) is 0 Å². The summed E-state index contributed by atoms with van der Waals surface area (Å²) >= 11 is 6.75. The Kier molecular flexibility index (Phi) is 22.7. The van der Waals surface area contributed by atoms with Gasteiger partial charge in [-0.25, -0.2) is 19.2 Å².